The van der Waals surface area contributed by atoms with Crippen molar-refractivity contribution in [3.05, 3.63) is 76.9 Å². The second-order valence-corrected chi connectivity index (χ2v) is 5.93. The highest BCUT2D eigenvalue weighted by molar-refractivity contribution is 6.31. The molecule has 0 bridgehead atoms. The maximum absolute atomic E-state index is 12.2. The second kappa shape index (κ2) is 5.56. The molecule has 1 amide bonds. The minimum absolute atomic E-state index is 0.0277. The number of fused-ring (bicyclic) bond motifs is 1. The molecule has 1 aliphatic heterocycles. The Morgan fingerprint density at radius 1 is 1.04 bits per heavy atom. The lowest BCUT2D eigenvalue weighted by molar-refractivity contribution is -0.116. The van der Waals surface area contributed by atoms with Crippen molar-refractivity contribution in [2.45, 2.75) is 12.3 Å². The minimum atomic E-state index is -0.0788. The smallest absolute Gasteiger partial charge is 0.226 e. The molecule has 3 aromatic rings. The molecule has 0 radical (unpaired) electrons. The SMILES string of the molecule is O=C1C[C@H](c2ccccc2Cl)c2cnn(-c3ccccc3)c2N1. The molecule has 4 rings (SSSR count). The largest absolute Gasteiger partial charge is 0.310 e. The van der Waals surface area contributed by atoms with Gasteiger partial charge in [0, 0.05) is 22.9 Å². The van der Waals surface area contributed by atoms with Crippen LogP contribution in [0, 0.1) is 0 Å². The predicted molar refractivity (Wildman–Crippen MR) is 90.1 cm³/mol. The van der Waals surface area contributed by atoms with Crippen LogP contribution in [-0.2, 0) is 4.79 Å². The zero-order valence-electron chi connectivity index (χ0n) is 12.2. The van der Waals surface area contributed by atoms with Crippen LogP contribution in [0.25, 0.3) is 5.69 Å². The summed E-state index contributed by atoms with van der Waals surface area (Å²) in [5.41, 5.74) is 2.85. The Morgan fingerprint density at radius 2 is 1.78 bits per heavy atom. The first-order valence-corrected chi connectivity index (χ1v) is 7.79. The molecule has 0 saturated heterocycles. The molecule has 4 nitrogen and oxygen atoms in total. The summed E-state index contributed by atoms with van der Waals surface area (Å²) in [6, 6.07) is 17.4. The lowest BCUT2D eigenvalue weighted by Gasteiger charge is -2.24. The number of hydrogen-bond donors (Lipinski definition) is 1. The molecule has 0 unspecified atom stereocenters. The predicted octanol–water partition coefficient (Wildman–Crippen LogP) is 4.00. The van der Waals surface area contributed by atoms with E-state index in [1.165, 1.54) is 0 Å². The van der Waals surface area contributed by atoms with Crippen molar-refractivity contribution in [2.75, 3.05) is 5.32 Å². The molecule has 5 heteroatoms. The van der Waals surface area contributed by atoms with Crippen LogP contribution in [-0.4, -0.2) is 15.7 Å². The van der Waals surface area contributed by atoms with Crippen molar-refractivity contribution in [1.82, 2.24) is 9.78 Å². The summed E-state index contributed by atoms with van der Waals surface area (Å²) in [5.74, 6) is 0.613. The number of nitrogens with zero attached hydrogens (tertiary/aromatic N) is 2. The number of carbonyl (C=O) groups excluding carboxylic acids is 1. The molecule has 1 atom stereocenters. The molecule has 2 aromatic carbocycles. The van der Waals surface area contributed by atoms with Crippen LogP contribution in [0.2, 0.25) is 5.02 Å². The van der Waals surface area contributed by atoms with E-state index in [9.17, 15) is 4.79 Å². The van der Waals surface area contributed by atoms with E-state index in [4.69, 9.17) is 11.6 Å². The van der Waals surface area contributed by atoms with E-state index in [-0.39, 0.29) is 11.8 Å². The standard InChI is InChI=1S/C18H14ClN3O/c19-16-9-5-4-8-13(16)14-10-17(23)21-18-15(14)11-20-22(18)12-6-2-1-3-7-12/h1-9,11,14H,10H2,(H,21,23)/t14-/m1/s1. The Labute approximate surface area is 138 Å². The van der Waals surface area contributed by atoms with Crippen molar-refractivity contribution < 1.29 is 4.79 Å². The third-order valence-electron chi connectivity index (χ3n) is 4.10. The number of benzene rings is 2. The summed E-state index contributed by atoms with van der Waals surface area (Å²) in [5, 5.41) is 8.08. The Kier molecular flexibility index (Phi) is 3.39. The number of para-hydroxylation sites is 1. The van der Waals surface area contributed by atoms with E-state index in [1.54, 1.807) is 4.68 Å². The molecule has 0 saturated carbocycles. The summed E-state index contributed by atoms with van der Waals surface area (Å²) in [6.45, 7) is 0. The van der Waals surface area contributed by atoms with E-state index in [0.717, 1.165) is 22.6 Å². The fourth-order valence-electron chi connectivity index (χ4n) is 3.02. The highest BCUT2D eigenvalue weighted by Crippen LogP contribution is 2.40. The monoisotopic (exact) mass is 323 g/mol. The highest BCUT2D eigenvalue weighted by atomic mass is 35.5. The molecule has 0 fully saturated rings. The third kappa shape index (κ3) is 2.41. The third-order valence-corrected chi connectivity index (χ3v) is 4.45. The second-order valence-electron chi connectivity index (χ2n) is 5.52. The van der Waals surface area contributed by atoms with E-state index in [1.807, 2.05) is 60.8 Å². The van der Waals surface area contributed by atoms with Gasteiger partial charge in [0.05, 0.1) is 11.9 Å². The summed E-state index contributed by atoms with van der Waals surface area (Å²) in [6.07, 6.45) is 2.19. The molecule has 23 heavy (non-hydrogen) atoms. The molecule has 0 aliphatic carbocycles. The molecule has 2 heterocycles. The zero-order chi connectivity index (χ0) is 15.8. The maximum atomic E-state index is 12.2. The van der Waals surface area contributed by atoms with Crippen LogP contribution in [0.5, 0.6) is 0 Å². The van der Waals surface area contributed by atoms with Crippen LogP contribution in [0.15, 0.2) is 60.8 Å². The average Bonchev–Trinajstić information content (AvgIpc) is 2.99. The minimum Gasteiger partial charge on any atom is -0.310 e. The number of rotatable bonds is 2. The van der Waals surface area contributed by atoms with E-state index < -0.39 is 0 Å². The van der Waals surface area contributed by atoms with Gasteiger partial charge >= 0.3 is 0 Å². The summed E-state index contributed by atoms with van der Waals surface area (Å²) in [4.78, 5) is 12.2. The van der Waals surface area contributed by atoms with Crippen molar-refractivity contribution in [1.29, 1.82) is 0 Å². The van der Waals surface area contributed by atoms with Gasteiger partial charge in [-0.15, -0.1) is 0 Å². The maximum Gasteiger partial charge on any atom is 0.226 e. The number of anilines is 1. The Hall–Kier alpha value is -2.59. The molecule has 1 aliphatic rings. The Balaban J connectivity index is 1.85. The van der Waals surface area contributed by atoms with Crippen molar-refractivity contribution in [2.24, 2.45) is 0 Å². The van der Waals surface area contributed by atoms with Crippen molar-refractivity contribution >= 4 is 23.3 Å². The lowest BCUT2D eigenvalue weighted by atomic mass is 9.87. The van der Waals surface area contributed by atoms with Gasteiger partial charge in [-0.3, -0.25) is 4.79 Å². The van der Waals surface area contributed by atoms with Gasteiger partial charge < -0.3 is 5.32 Å². The van der Waals surface area contributed by atoms with Gasteiger partial charge in [-0.25, -0.2) is 4.68 Å². The van der Waals surface area contributed by atoms with Crippen LogP contribution in [0.3, 0.4) is 0 Å². The van der Waals surface area contributed by atoms with Gasteiger partial charge in [-0.05, 0) is 23.8 Å². The quantitative estimate of drug-likeness (QED) is 0.775. The summed E-state index contributed by atoms with van der Waals surface area (Å²) >= 11 is 6.34. The van der Waals surface area contributed by atoms with Crippen LogP contribution < -0.4 is 5.32 Å². The number of nitrogens with one attached hydrogen (secondary N) is 1. The fraction of sp³-hybridized carbons (Fsp3) is 0.111. The van der Waals surface area contributed by atoms with Crippen molar-refractivity contribution in [3.8, 4) is 5.69 Å². The van der Waals surface area contributed by atoms with Gasteiger partial charge in [0.25, 0.3) is 0 Å². The van der Waals surface area contributed by atoms with Gasteiger partial charge in [-0.2, -0.15) is 5.10 Å². The number of carbonyl (C=O) groups is 1. The molecule has 1 aromatic heterocycles. The normalized spacial score (nSPS) is 16.7. The van der Waals surface area contributed by atoms with Gasteiger partial charge in [-0.1, -0.05) is 48.0 Å². The first-order chi connectivity index (χ1) is 11.2. The molecule has 1 N–H and O–H groups in total. The number of aromatic nitrogens is 2. The average molecular weight is 324 g/mol. The van der Waals surface area contributed by atoms with Gasteiger partial charge in [0.1, 0.15) is 5.82 Å². The summed E-state index contributed by atoms with van der Waals surface area (Å²) < 4.78 is 1.76. The number of halogens is 1. The van der Waals surface area contributed by atoms with Gasteiger partial charge in [0.2, 0.25) is 5.91 Å². The van der Waals surface area contributed by atoms with Crippen LogP contribution >= 0.6 is 11.6 Å². The van der Waals surface area contributed by atoms with Crippen LogP contribution in [0.1, 0.15) is 23.5 Å². The first-order valence-electron chi connectivity index (χ1n) is 7.41. The topological polar surface area (TPSA) is 46.9 Å². The molecular formula is C18H14ClN3O. The number of hydrogen-bond acceptors (Lipinski definition) is 2. The fourth-order valence-corrected chi connectivity index (χ4v) is 3.29. The van der Waals surface area contributed by atoms with Crippen molar-refractivity contribution in [3.63, 3.8) is 0 Å². The van der Waals surface area contributed by atoms with E-state index >= 15 is 0 Å². The first kappa shape index (κ1) is 14.0. The van der Waals surface area contributed by atoms with E-state index in [0.29, 0.717) is 11.4 Å². The van der Waals surface area contributed by atoms with Crippen LogP contribution in [0.4, 0.5) is 5.82 Å². The Bertz CT molecular complexity index is 873. The highest BCUT2D eigenvalue weighted by Gasteiger charge is 2.31. The lowest BCUT2D eigenvalue weighted by Crippen LogP contribution is -2.24. The number of amides is 1. The van der Waals surface area contributed by atoms with Gasteiger partial charge in [0.15, 0.2) is 0 Å². The molecular weight excluding hydrogens is 310 g/mol. The van der Waals surface area contributed by atoms with E-state index in [2.05, 4.69) is 10.4 Å². The summed E-state index contributed by atoms with van der Waals surface area (Å²) in [7, 11) is 0. The molecule has 114 valence electrons. The molecule has 0 spiro atoms. The zero-order valence-corrected chi connectivity index (χ0v) is 13.0. The Morgan fingerprint density at radius 3 is 2.57 bits per heavy atom.